The van der Waals surface area contributed by atoms with Gasteiger partial charge in [0.2, 0.25) is 0 Å². The third-order valence-electron chi connectivity index (χ3n) is 2.26. The molecule has 2 aromatic rings. The van der Waals surface area contributed by atoms with Crippen LogP contribution >= 0.6 is 0 Å². The van der Waals surface area contributed by atoms with Crippen LogP contribution in [0.5, 0.6) is 0 Å². The van der Waals surface area contributed by atoms with Crippen molar-refractivity contribution in [2.45, 2.75) is 6.92 Å². The number of hydrogen-bond acceptors (Lipinski definition) is 0. The lowest BCUT2D eigenvalue weighted by Crippen LogP contribution is -1.99. The largest absolute Gasteiger partial charge is 0.113 e. The summed E-state index contributed by atoms with van der Waals surface area (Å²) >= 11 is 0. The van der Waals surface area contributed by atoms with E-state index in [1.807, 2.05) is 24.3 Å². The van der Waals surface area contributed by atoms with Gasteiger partial charge >= 0.3 is 0 Å². The summed E-state index contributed by atoms with van der Waals surface area (Å²) in [5.74, 6) is 0. The Morgan fingerprint density at radius 2 is 1.57 bits per heavy atom. The van der Waals surface area contributed by atoms with E-state index < -0.39 is 0 Å². The summed E-state index contributed by atoms with van der Waals surface area (Å²) < 4.78 is 0. The molecule has 0 heterocycles. The predicted octanol–water partition coefficient (Wildman–Crippen LogP) is 2.46. The minimum absolute atomic E-state index is 0.807. The Bertz CT molecular complexity index is 429. The fraction of sp³-hybridized carbons (Fsp3) is 0.0769. The van der Waals surface area contributed by atoms with Gasteiger partial charge in [0.05, 0.1) is 0 Å². The summed E-state index contributed by atoms with van der Waals surface area (Å²) in [4.78, 5) is 0. The van der Waals surface area contributed by atoms with Crippen LogP contribution in [0.2, 0.25) is 0 Å². The fourth-order valence-electron chi connectivity index (χ4n) is 1.50. The first-order valence-electron chi connectivity index (χ1n) is 4.68. The SMILES string of the molecule is [B]c1ccc(-c2cccc(C)c2)cc1. The maximum absolute atomic E-state index is 5.63. The quantitative estimate of drug-likeness (QED) is 0.588. The van der Waals surface area contributed by atoms with E-state index in [0.29, 0.717) is 0 Å². The van der Waals surface area contributed by atoms with Gasteiger partial charge in [0.25, 0.3) is 0 Å². The van der Waals surface area contributed by atoms with E-state index in [9.17, 15) is 0 Å². The molecule has 0 aliphatic heterocycles. The second kappa shape index (κ2) is 3.71. The average molecular weight is 178 g/mol. The van der Waals surface area contributed by atoms with Crippen LogP contribution in [-0.2, 0) is 0 Å². The molecule has 0 amide bonds. The van der Waals surface area contributed by atoms with Crippen molar-refractivity contribution in [3.05, 3.63) is 54.1 Å². The zero-order chi connectivity index (χ0) is 9.97. The molecule has 1 heteroatoms. The van der Waals surface area contributed by atoms with Crippen LogP contribution in [-0.4, -0.2) is 7.85 Å². The van der Waals surface area contributed by atoms with Crippen molar-refractivity contribution in [3.8, 4) is 11.1 Å². The molecule has 0 bridgehead atoms. The lowest BCUT2D eigenvalue weighted by Gasteiger charge is -2.03. The summed E-state index contributed by atoms with van der Waals surface area (Å²) in [6, 6.07) is 16.4. The van der Waals surface area contributed by atoms with Crippen LogP contribution in [0.4, 0.5) is 0 Å². The van der Waals surface area contributed by atoms with E-state index in [0.717, 1.165) is 5.46 Å². The second-order valence-corrected chi connectivity index (χ2v) is 3.49. The molecule has 0 unspecified atom stereocenters. The topological polar surface area (TPSA) is 0 Å². The molecule has 2 radical (unpaired) electrons. The Morgan fingerprint density at radius 3 is 2.21 bits per heavy atom. The van der Waals surface area contributed by atoms with Crippen molar-refractivity contribution < 1.29 is 0 Å². The molecule has 14 heavy (non-hydrogen) atoms. The van der Waals surface area contributed by atoms with Gasteiger partial charge in [-0.3, -0.25) is 0 Å². The van der Waals surface area contributed by atoms with Crippen molar-refractivity contribution in [1.82, 2.24) is 0 Å². The minimum Gasteiger partial charge on any atom is -0.0966 e. The summed E-state index contributed by atoms with van der Waals surface area (Å²) in [5, 5.41) is 0. The van der Waals surface area contributed by atoms with E-state index in [4.69, 9.17) is 7.85 Å². The predicted molar refractivity (Wildman–Crippen MR) is 62.0 cm³/mol. The third kappa shape index (κ3) is 1.87. The Balaban J connectivity index is 2.44. The van der Waals surface area contributed by atoms with Crippen molar-refractivity contribution in [1.29, 1.82) is 0 Å². The van der Waals surface area contributed by atoms with Gasteiger partial charge in [-0.2, -0.15) is 0 Å². The normalized spacial score (nSPS) is 10.1. The van der Waals surface area contributed by atoms with E-state index in [1.165, 1.54) is 16.7 Å². The Labute approximate surface area is 86.0 Å². The Hall–Kier alpha value is -1.50. The first kappa shape index (κ1) is 9.08. The van der Waals surface area contributed by atoms with E-state index in [-0.39, 0.29) is 0 Å². The third-order valence-corrected chi connectivity index (χ3v) is 2.26. The van der Waals surface area contributed by atoms with Crippen molar-refractivity contribution in [3.63, 3.8) is 0 Å². The van der Waals surface area contributed by atoms with E-state index >= 15 is 0 Å². The maximum atomic E-state index is 5.63. The van der Waals surface area contributed by atoms with Gasteiger partial charge in [-0.15, -0.1) is 0 Å². The van der Waals surface area contributed by atoms with Crippen molar-refractivity contribution in [2.75, 3.05) is 0 Å². The number of rotatable bonds is 1. The van der Waals surface area contributed by atoms with Crippen LogP contribution < -0.4 is 5.46 Å². The summed E-state index contributed by atoms with van der Waals surface area (Å²) in [6.45, 7) is 2.10. The van der Waals surface area contributed by atoms with Crippen molar-refractivity contribution >= 4 is 13.3 Å². The first-order chi connectivity index (χ1) is 6.75. The summed E-state index contributed by atoms with van der Waals surface area (Å²) in [6.07, 6.45) is 0. The standard InChI is InChI=1S/C13H11B/c1-10-3-2-4-12(9-10)11-5-7-13(14)8-6-11/h2-9H,1H3. The number of hydrogen-bond donors (Lipinski definition) is 0. The zero-order valence-electron chi connectivity index (χ0n) is 8.20. The highest BCUT2D eigenvalue weighted by atomic mass is 14.0. The first-order valence-corrected chi connectivity index (χ1v) is 4.68. The van der Waals surface area contributed by atoms with Gasteiger partial charge in [-0.05, 0) is 18.1 Å². The number of benzene rings is 2. The van der Waals surface area contributed by atoms with Crippen LogP contribution in [0.3, 0.4) is 0 Å². The molecule has 0 N–H and O–H groups in total. The van der Waals surface area contributed by atoms with Crippen LogP contribution in [0, 0.1) is 6.92 Å². The molecule has 0 saturated carbocycles. The average Bonchev–Trinajstić information content (AvgIpc) is 2.19. The molecule has 2 rings (SSSR count). The van der Waals surface area contributed by atoms with E-state index in [1.54, 1.807) is 0 Å². The minimum atomic E-state index is 0.807. The molecule has 0 spiro atoms. The molecular weight excluding hydrogens is 167 g/mol. The monoisotopic (exact) mass is 178 g/mol. The highest BCUT2D eigenvalue weighted by Crippen LogP contribution is 2.18. The molecule has 0 fully saturated rings. The van der Waals surface area contributed by atoms with Gasteiger partial charge < -0.3 is 0 Å². The van der Waals surface area contributed by atoms with Crippen LogP contribution in [0.1, 0.15) is 5.56 Å². The lowest BCUT2D eigenvalue weighted by atomic mass is 9.93. The van der Waals surface area contributed by atoms with Crippen LogP contribution in [0.15, 0.2) is 48.5 Å². The smallest absolute Gasteiger partial charge is 0.0966 e. The Morgan fingerprint density at radius 1 is 0.857 bits per heavy atom. The molecule has 0 saturated heterocycles. The molecule has 0 atom stereocenters. The highest BCUT2D eigenvalue weighted by molar-refractivity contribution is 6.32. The van der Waals surface area contributed by atoms with Gasteiger partial charge in [0.1, 0.15) is 7.85 Å². The highest BCUT2D eigenvalue weighted by Gasteiger charge is 1.96. The lowest BCUT2D eigenvalue weighted by molar-refractivity contribution is 1.47. The van der Waals surface area contributed by atoms with Gasteiger partial charge in [0.15, 0.2) is 0 Å². The Kier molecular flexibility index (Phi) is 2.40. The fourth-order valence-corrected chi connectivity index (χ4v) is 1.50. The van der Waals surface area contributed by atoms with Crippen LogP contribution in [0.25, 0.3) is 11.1 Å². The second-order valence-electron chi connectivity index (χ2n) is 3.49. The van der Waals surface area contributed by atoms with E-state index in [2.05, 4.69) is 31.2 Å². The molecule has 0 aromatic heterocycles. The molecule has 66 valence electrons. The van der Waals surface area contributed by atoms with Gasteiger partial charge in [-0.1, -0.05) is 59.6 Å². The number of aryl methyl sites for hydroxylation is 1. The zero-order valence-corrected chi connectivity index (χ0v) is 8.20. The molecule has 2 aromatic carbocycles. The maximum Gasteiger partial charge on any atom is 0.113 e. The van der Waals surface area contributed by atoms with Crippen molar-refractivity contribution in [2.24, 2.45) is 0 Å². The molecule has 0 aliphatic carbocycles. The summed E-state index contributed by atoms with van der Waals surface area (Å²) in [7, 11) is 5.63. The molecule has 0 aliphatic rings. The molecular formula is C13H11B. The molecule has 0 nitrogen and oxygen atoms in total. The summed E-state index contributed by atoms with van der Waals surface area (Å²) in [5.41, 5.74) is 4.54. The van der Waals surface area contributed by atoms with Gasteiger partial charge in [0, 0.05) is 0 Å². The van der Waals surface area contributed by atoms with Gasteiger partial charge in [-0.25, -0.2) is 0 Å².